The Balaban J connectivity index is 1.88. The van der Waals surface area contributed by atoms with Crippen LogP contribution in [0.3, 0.4) is 0 Å². The van der Waals surface area contributed by atoms with Gasteiger partial charge in [-0.05, 0) is 35.9 Å². The van der Waals surface area contributed by atoms with Crippen molar-refractivity contribution >= 4 is 23.2 Å². The molecule has 0 aliphatic carbocycles. The van der Waals surface area contributed by atoms with Gasteiger partial charge in [0.1, 0.15) is 18.3 Å². The van der Waals surface area contributed by atoms with Crippen LogP contribution in [-0.2, 0) is 11.0 Å². The summed E-state index contributed by atoms with van der Waals surface area (Å²) < 4.78 is 40.8. The summed E-state index contributed by atoms with van der Waals surface area (Å²) in [6.07, 6.45) is 0.119. The smallest absolute Gasteiger partial charge is 0.228 e. The first-order chi connectivity index (χ1) is 13.2. The fourth-order valence-corrected chi connectivity index (χ4v) is 3.35. The van der Waals surface area contributed by atoms with E-state index in [4.69, 9.17) is 0 Å². The molecule has 1 aliphatic rings. The fourth-order valence-electron chi connectivity index (χ4n) is 3.35. The second-order valence-electron chi connectivity index (χ2n) is 6.98. The van der Waals surface area contributed by atoms with Gasteiger partial charge in [0, 0.05) is 11.6 Å². The van der Waals surface area contributed by atoms with E-state index in [-0.39, 0.29) is 21.5 Å². The maximum absolute atomic E-state index is 13.1. The van der Waals surface area contributed by atoms with Crippen LogP contribution in [0.5, 0.6) is 0 Å². The van der Waals surface area contributed by atoms with Crippen LogP contribution in [0.4, 0.5) is 18.9 Å². The van der Waals surface area contributed by atoms with E-state index in [0.29, 0.717) is 0 Å². The van der Waals surface area contributed by atoms with E-state index in [0.717, 1.165) is 29.1 Å². The van der Waals surface area contributed by atoms with Gasteiger partial charge in [-0.1, -0.05) is 12.1 Å². The first-order valence-electron chi connectivity index (χ1n) is 8.46. The molecule has 142 valence electrons. The molecule has 4 rings (SSSR count). The van der Waals surface area contributed by atoms with Gasteiger partial charge in [-0.3, -0.25) is 0 Å². The van der Waals surface area contributed by atoms with Crippen molar-refractivity contribution in [2.75, 3.05) is 14.1 Å². The summed E-state index contributed by atoms with van der Waals surface area (Å²) in [5.74, 6) is -0.277. The number of nitrogens with zero attached hydrogens (tertiary/aromatic N) is 4. The summed E-state index contributed by atoms with van der Waals surface area (Å²) in [5, 5.41) is 4.09. The molecule has 1 aliphatic heterocycles. The molecule has 3 aromatic rings. The molecule has 8 heteroatoms. The average Bonchev–Trinajstić information content (AvgIpc) is 3.19. The third-order valence-corrected chi connectivity index (χ3v) is 4.84. The van der Waals surface area contributed by atoms with Crippen LogP contribution in [0.1, 0.15) is 16.7 Å². The van der Waals surface area contributed by atoms with E-state index >= 15 is 0 Å². The van der Waals surface area contributed by atoms with Crippen LogP contribution in [0.2, 0.25) is 0 Å². The minimum atomic E-state index is -4.48. The summed E-state index contributed by atoms with van der Waals surface area (Å²) in [6.45, 7) is 0. The second-order valence-corrected chi connectivity index (χ2v) is 6.98. The summed E-state index contributed by atoms with van der Waals surface area (Å²) in [5.41, 5.74) is 1.92. The second kappa shape index (κ2) is 6.13. The predicted octanol–water partition coefficient (Wildman–Crippen LogP) is 3.93. The normalized spacial score (nSPS) is 15.9. The number of aromatic nitrogens is 3. The fraction of sp³-hybridized carbons (Fsp3) is 0.150. The van der Waals surface area contributed by atoms with Gasteiger partial charge < -0.3 is 0 Å². The Morgan fingerprint density at radius 2 is 1.86 bits per heavy atom. The molecule has 0 atom stereocenters. The Bertz CT molecular complexity index is 1100. The van der Waals surface area contributed by atoms with Gasteiger partial charge in [0.25, 0.3) is 0 Å². The Hall–Kier alpha value is -3.26. The first-order valence-corrected chi connectivity index (χ1v) is 8.46. The van der Waals surface area contributed by atoms with Crippen molar-refractivity contribution in [2.45, 2.75) is 6.18 Å². The van der Waals surface area contributed by atoms with Crippen LogP contribution in [-0.4, -0.2) is 34.8 Å². The lowest BCUT2D eigenvalue weighted by atomic mass is 9.93. The van der Waals surface area contributed by atoms with Gasteiger partial charge in [0.05, 0.1) is 30.9 Å². The zero-order chi connectivity index (χ0) is 20.1. The number of carbonyl (C=O) groups excluding carboxylic acids is 1. The Morgan fingerprint density at radius 1 is 1.07 bits per heavy atom. The molecule has 0 saturated heterocycles. The van der Waals surface area contributed by atoms with Crippen molar-refractivity contribution in [3.8, 4) is 5.69 Å². The topological polar surface area (TPSA) is 47.8 Å². The predicted molar refractivity (Wildman–Crippen MR) is 99.3 cm³/mol. The first kappa shape index (κ1) is 18.1. The lowest BCUT2D eigenvalue weighted by Crippen LogP contribution is -2.48. The largest absolute Gasteiger partial charge is 0.416 e. The lowest BCUT2D eigenvalue weighted by Gasteiger charge is -2.32. The van der Waals surface area contributed by atoms with Crippen molar-refractivity contribution in [1.82, 2.24) is 19.2 Å². The quantitative estimate of drug-likeness (QED) is 0.628. The molecule has 0 spiro atoms. The van der Waals surface area contributed by atoms with Crippen molar-refractivity contribution in [1.29, 1.82) is 0 Å². The van der Waals surface area contributed by atoms with E-state index in [1.807, 2.05) is 18.2 Å². The molecular weight excluding hydrogens is 369 g/mol. The maximum atomic E-state index is 13.1. The molecule has 1 amide bonds. The number of hydrogen-bond acceptors (Lipinski definition) is 3. The van der Waals surface area contributed by atoms with E-state index in [2.05, 4.69) is 10.1 Å². The zero-order valence-corrected chi connectivity index (χ0v) is 15.1. The molecule has 0 bridgehead atoms. The number of amides is 1. The molecule has 0 unspecified atom stereocenters. The molecular formula is C20H16F3N4O+. The maximum Gasteiger partial charge on any atom is 0.416 e. The molecule has 0 N–H and O–H groups in total. The molecule has 28 heavy (non-hydrogen) atoms. The molecule has 0 radical (unpaired) electrons. The molecule has 0 fully saturated rings. The van der Waals surface area contributed by atoms with Crippen molar-refractivity contribution in [3.05, 3.63) is 71.8 Å². The Morgan fingerprint density at radius 3 is 2.54 bits per heavy atom. The van der Waals surface area contributed by atoms with E-state index in [9.17, 15) is 18.0 Å². The van der Waals surface area contributed by atoms with Crippen molar-refractivity contribution in [3.63, 3.8) is 0 Å². The van der Waals surface area contributed by atoms with Gasteiger partial charge in [-0.25, -0.2) is 18.9 Å². The number of halogens is 3. The van der Waals surface area contributed by atoms with Gasteiger partial charge in [-0.2, -0.15) is 18.3 Å². The highest BCUT2D eigenvalue weighted by atomic mass is 19.4. The van der Waals surface area contributed by atoms with Gasteiger partial charge >= 0.3 is 12.1 Å². The highest BCUT2D eigenvalue weighted by Crippen LogP contribution is 2.39. The van der Waals surface area contributed by atoms with Crippen LogP contribution >= 0.6 is 0 Å². The molecule has 0 saturated carbocycles. The van der Waals surface area contributed by atoms with Gasteiger partial charge in [-0.15, -0.1) is 0 Å². The number of carbonyl (C=O) groups is 1. The average molecular weight is 385 g/mol. The van der Waals surface area contributed by atoms with E-state index in [1.54, 1.807) is 31.2 Å². The number of rotatable bonds is 2. The lowest BCUT2D eigenvalue weighted by molar-refractivity contribution is -0.137. The van der Waals surface area contributed by atoms with E-state index < -0.39 is 11.7 Å². The standard InChI is InChI=1S/C20H16F3N4O/c1-27(2)18-7-6-16(26-12-24-11-25-26)9-14(18)10-17(19(27)28)13-4-3-5-15(8-13)20(21,22)23/h3-12H,1-2H3/q+1. The van der Waals surface area contributed by atoms with Gasteiger partial charge in [0.2, 0.25) is 0 Å². The summed E-state index contributed by atoms with van der Waals surface area (Å²) in [6, 6.07) is 10.3. The zero-order valence-electron chi connectivity index (χ0n) is 15.1. The van der Waals surface area contributed by atoms with Crippen LogP contribution in [0.25, 0.3) is 17.3 Å². The summed E-state index contributed by atoms with van der Waals surface area (Å²) >= 11 is 0. The van der Waals surface area contributed by atoms with Crippen LogP contribution in [0.15, 0.2) is 55.1 Å². The number of benzene rings is 2. The Kier molecular flexibility index (Phi) is 3.97. The van der Waals surface area contributed by atoms with Crippen LogP contribution in [0, 0.1) is 0 Å². The number of hydrogen-bond donors (Lipinski definition) is 0. The minimum Gasteiger partial charge on any atom is -0.228 e. The SMILES string of the molecule is C[N+]1(C)C(=O)C(c2cccc(C(F)(F)F)c2)=Cc2cc(-n3cncn3)ccc21. The highest BCUT2D eigenvalue weighted by molar-refractivity contribution is 6.30. The molecule has 1 aromatic heterocycles. The third-order valence-electron chi connectivity index (χ3n) is 4.84. The number of quaternary nitrogens is 1. The molecule has 5 nitrogen and oxygen atoms in total. The van der Waals surface area contributed by atoms with Gasteiger partial charge in [0.15, 0.2) is 0 Å². The Labute approximate surface area is 158 Å². The van der Waals surface area contributed by atoms with Crippen molar-refractivity contribution in [2.24, 2.45) is 0 Å². The monoisotopic (exact) mass is 385 g/mol. The molecule has 2 aromatic carbocycles. The summed E-state index contributed by atoms with van der Waals surface area (Å²) in [7, 11) is 3.44. The van der Waals surface area contributed by atoms with E-state index in [1.165, 1.54) is 18.5 Å². The summed E-state index contributed by atoms with van der Waals surface area (Å²) in [4.78, 5) is 17.0. The van der Waals surface area contributed by atoms with Crippen LogP contribution < -0.4 is 4.48 Å². The number of likely N-dealkylation sites (N-methyl/N-ethyl adjacent to an activating group) is 1. The minimum absolute atomic E-state index is 0.102. The number of fused-ring (bicyclic) bond motifs is 1. The third kappa shape index (κ3) is 2.91. The number of alkyl halides is 3. The highest BCUT2D eigenvalue weighted by Gasteiger charge is 2.39. The van der Waals surface area contributed by atoms with Crippen molar-refractivity contribution < 1.29 is 18.0 Å². The molecule has 2 heterocycles.